The molecule has 0 radical (unpaired) electrons. The molecule has 4 aliphatic carbocycles. The molecule has 6 rings (SSSR count). The van der Waals surface area contributed by atoms with Crippen LogP contribution in [0.25, 0.3) is 0 Å². The number of aliphatic hydroxyl groups excluding tert-OH is 5. The molecule has 9 heteroatoms. The molecule has 9 nitrogen and oxygen atoms in total. The molecule has 44 heavy (non-hydrogen) atoms. The van der Waals surface area contributed by atoms with Crippen molar-refractivity contribution in [3.63, 3.8) is 0 Å². The molecule has 0 aromatic heterocycles. The van der Waals surface area contributed by atoms with E-state index in [0.29, 0.717) is 53.1 Å². The topological polar surface area (TPSA) is 138 Å². The van der Waals surface area contributed by atoms with E-state index in [-0.39, 0.29) is 24.7 Å². The molecular weight excluding hydrogens is 564 g/mol. The molecular formula is C35H58O9. The van der Waals surface area contributed by atoms with Crippen molar-refractivity contribution in [2.24, 2.45) is 46.3 Å². The van der Waals surface area contributed by atoms with Gasteiger partial charge in [0.2, 0.25) is 0 Å². The highest BCUT2D eigenvalue weighted by Crippen LogP contribution is 2.69. The van der Waals surface area contributed by atoms with Gasteiger partial charge in [-0.25, -0.2) is 0 Å². The first kappa shape index (κ1) is 33.3. The van der Waals surface area contributed by atoms with Crippen molar-refractivity contribution in [2.45, 2.75) is 148 Å². The molecule has 7 unspecified atom stereocenters. The first-order valence-electron chi connectivity index (χ1n) is 17.5. The Hall–Kier alpha value is -0.620. The van der Waals surface area contributed by atoms with Gasteiger partial charge >= 0.3 is 0 Å². The van der Waals surface area contributed by atoms with Crippen molar-refractivity contribution in [1.82, 2.24) is 0 Å². The second-order valence-electron chi connectivity index (χ2n) is 16.0. The van der Waals surface area contributed by atoms with E-state index < -0.39 is 37.0 Å². The summed E-state index contributed by atoms with van der Waals surface area (Å²) in [6.45, 7) is 11.3. The Bertz CT molecular complexity index is 1040. The average Bonchev–Trinajstić information content (AvgIpc) is 3.48. The van der Waals surface area contributed by atoms with Crippen LogP contribution in [0.3, 0.4) is 0 Å². The summed E-state index contributed by atoms with van der Waals surface area (Å²) >= 11 is 0. The summed E-state index contributed by atoms with van der Waals surface area (Å²) < 4.78 is 23.9. The van der Waals surface area contributed by atoms with Crippen molar-refractivity contribution in [3.8, 4) is 0 Å². The summed E-state index contributed by atoms with van der Waals surface area (Å²) in [7, 11) is 0. The normalized spacial score (nSPS) is 51.5. The molecule has 2 saturated heterocycles. The van der Waals surface area contributed by atoms with Gasteiger partial charge in [0.05, 0.1) is 24.4 Å². The number of rotatable bonds is 9. The Labute approximate surface area is 263 Å². The third-order valence-corrected chi connectivity index (χ3v) is 13.5. The lowest BCUT2D eigenvalue weighted by molar-refractivity contribution is -0.307. The highest BCUT2D eigenvalue weighted by molar-refractivity contribution is 5.26. The van der Waals surface area contributed by atoms with Gasteiger partial charge in [-0.15, -0.1) is 0 Å². The molecule has 0 aromatic carbocycles. The standard InChI is InChI=1S/C35H58O9/c1-18(16-36)6-9-26-19(2)29-27(44-26)15-25-23-8-7-21-14-22(10-12-34(21,4)24(23)11-13-35(25,29)5)43-28(37)17-41-33-32(40)31(39)30(38)20(3)42-33/h7,18-20,22-33,36-40H,6,8-17H2,1-5H3/t18-,19-,20?,22+,23-,24?,25?,26-,27+,28+,29+,30?,31?,32?,33?,34+,35+/m1/s1. The summed E-state index contributed by atoms with van der Waals surface area (Å²) in [5.41, 5.74) is 1.96. The van der Waals surface area contributed by atoms with Gasteiger partial charge in [0, 0.05) is 6.61 Å². The molecule has 0 bridgehead atoms. The van der Waals surface area contributed by atoms with Crippen LogP contribution in [0.2, 0.25) is 0 Å². The van der Waals surface area contributed by atoms with Crippen LogP contribution in [0.5, 0.6) is 0 Å². The summed E-state index contributed by atoms with van der Waals surface area (Å²) in [4.78, 5) is 0. The number of fused-ring (bicyclic) bond motifs is 7. The van der Waals surface area contributed by atoms with Gasteiger partial charge in [-0.1, -0.05) is 39.3 Å². The molecule has 2 aliphatic heterocycles. The lowest BCUT2D eigenvalue weighted by atomic mass is 9.47. The molecule has 5 N–H and O–H groups in total. The van der Waals surface area contributed by atoms with Crippen LogP contribution in [0, 0.1) is 46.3 Å². The van der Waals surface area contributed by atoms with Crippen LogP contribution >= 0.6 is 0 Å². The lowest BCUT2D eigenvalue weighted by Crippen LogP contribution is -2.57. The highest BCUT2D eigenvalue weighted by atomic mass is 16.7. The maximum absolute atomic E-state index is 10.6. The molecule has 0 aromatic rings. The van der Waals surface area contributed by atoms with Gasteiger partial charge in [0.15, 0.2) is 12.6 Å². The average molecular weight is 623 g/mol. The number of allylic oxidation sites excluding steroid dienone is 1. The Morgan fingerprint density at radius 1 is 1.02 bits per heavy atom. The van der Waals surface area contributed by atoms with E-state index in [9.17, 15) is 25.5 Å². The lowest BCUT2D eigenvalue weighted by Gasteiger charge is -2.58. The van der Waals surface area contributed by atoms with Crippen LogP contribution in [-0.2, 0) is 18.9 Å². The molecule has 17 atom stereocenters. The highest BCUT2D eigenvalue weighted by Gasteiger charge is 2.65. The summed E-state index contributed by atoms with van der Waals surface area (Å²) in [6.07, 6.45) is 5.74. The molecule has 3 saturated carbocycles. The van der Waals surface area contributed by atoms with Crippen molar-refractivity contribution in [2.75, 3.05) is 13.2 Å². The van der Waals surface area contributed by atoms with Crippen molar-refractivity contribution in [3.05, 3.63) is 11.6 Å². The first-order valence-corrected chi connectivity index (χ1v) is 17.5. The Morgan fingerprint density at radius 2 is 1.80 bits per heavy atom. The second-order valence-corrected chi connectivity index (χ2v) is 16.0. The maximum Gasteiger partial charge on any atom is 0.186 e. The van der Waals surface area contributed by atoms with Crippen molar-refractivity contribution >= 4 is 0 Å². The molecule has 0 amide bonds. The molecule has 5 fully saturated rings. The Kier molecular flexibility index (Phi) is 9.66. The predicted molar refractivity (Wildman–Crippen MR) is 163 cm³/mol. The van der Waals surface area contributed by atoms with Crippen molar-refractivity contribution in [1.29, 1.82) is 0 Å². The van der Waals surface area contributed by atoms with Gasteiger partial charge < -0.3 is 44.5 Å². The largest absolute Gasteiger partial charge is 0.396 e. The summed E-state index contributed by atoms with van der Waals surface area (Å²) in [5.74, 6) is 3.58. The third kappa shape index (κ3) is 5.74. The number of ether oxygens (including phenoxy) is 4. The summed E-state index contributed by atoms with van der Waals surface area (Å²) in [5, 5.41) is 50.3. The SMILES string of the molecule is CC1OC(OC[C@@H](O)O[C@H]2CC[C@@]3(C)C(=CC[C@@H]4C3CC[C@@]3(C)C4C[C@@H]4O[C@H](CC[C@@H](C)CO)[C@@H](C)[C@@H]43)C2)C(O)C(O)C1O. The van der Waals surface area contributed by atoms with Gasteiger partial charge in [-0.05, 0) is 111 Å². The van der Waals surface area contributed by atoms with E-state index >= 15 is 0 Å². The monoisotopic (exact) mass is 622 g/mol. The quantitative estimate of drug-likeness (QED) is 0.193. The smallest absolute Gasteiger partial charge is 0.186 e. The molecule has 252 valence electrons. The number of aliphatic hydroxyl groups is 5. The molecule has 2 heterocycles. The Balaban J connectivity index is 1.05. The third-order valence-electron chi connectivity index (χ3n) is 13.5. The summed E-state index contributed by atoms with van der Waals surface area (Å²) in [6, 6.07) is 0. The zero-order chi connectivity index (χ0) is 31.6. The predicted octanol–water partition coefficient (Wildman–Crippen LogP) is 3.54. The van der Waals surface area contributed by atoms with Crippen LogP contribution in [0.1, 0.15) is 92.4 Å². The van der Waals surface area contributed by atoms with Crippen LogP contribution < -0.4 is 0 Å². The van der Waals surface area contributed by atoms with Crippen LogP contribution in [0.4, 0.5) is 0 Å². The second kappa shape index (κ2) is 12.8. The zero-order valence-corrected chi connectivity index (χ0v) is 27.4. The number of hydrogen-bond acceptors (Lipinski definition) is 9. The fourth-order valence-electron chi connectivity index (χ4n) is 10.9. The Morgan fingerprint density at radius 3 is 2.55 bits per heavy atom. The van der Waals surface area contributed by atoms with E-state index in [1.165, 1.54) is 24.8 Å². The zero-order valence-electron chi connectivity index (χ0n) is 27.4. The van der Waals surface area contributed by atoms with Crippen LogP contribution in [-0.4, -0.2) is 94.1 Å². The van der Waals surface area contributed by atoms with E-state index in [0.717, 1.165) is 38.5 Å². The van der Waals surface area contributed by atoms with Gasteiger partial charge in [-0.3, -0.25) is 0 Å². The van der Waals surface area contributed by atoms with Crippen molar-refractivity contribution < 1.29 is 44.5 Å². The maximum atomic E-state index is 10.6. The minimum Gasteiger partial charge on any atom is -0.396 e. The van der Waals surface area contributed by atoms with E-state index in [2.05, 4.69) is 33.8 Å². The van der Waals surface area contributed by atoms with E-state index in [4.69, 9.17) is 18.9 Å². The van der Waals surface area contributed by atoms with E-state index in [1.807, 2.05) is 0 Å². The van der Waals surface area contributed by atoms with Gasteiger partial charge in [-0.2, -0.15) is 0 Å². The number of hydrogen-bond donors (Lipinski definition) is 5. The minimum absolute atomic E-state index is 0.104. The fourth-order valence-corrected chi connectivity index (χ4v) is 10.9. The first-order chi connectivity index (χ1) is 20.9. The molecule has 6 aliphatic rings. The molecule has 0 spiro atoms. The van der Waals surface area contributed by atoms with Crippen LogP contribution in [0.15, 0.2) is 11.6 Å². The van der Waals surface area contributed by atoms with Gasteiger partial charge in [0.25, 0.3) is 0 Å². The minimum atomic E-state index is -1.40. The van der Waals surface area contributed by atoms with E-state index in [1.54, 1.807) is 6.92 Å². The fraction of sp³-hybridized carbons (Fsp3) is 0.943. The van der Waals surface area contributed by atoms with Gasteiger partial charge in [0.1, 0.15) is 24.9 Å².